The average Bonchev–Trinajstić information content (AvgIpc) is 2.43. The highest BCUT2D eigenvalue weighted by atomic mass is 35.5. The zero-order chi connectivity index (χ0) is 15.8. The Morgan fingerprint density at radius 1 is 1.38 bits per heavy atom. The summed E-state index contributed by atoms with van der Waals surface area (Å²) in [5, 5.41) is 15.0. The van der Waals surface area contributed by atoms with Gasteiger partial charge in [0.25, 0.3) is 0 Å². The van der Waals surface area contributed by atoms with Gasteiger partial charge in [-0.3, -0.25) is 4.79 Å². The maximum absolute atomic E-state index is 11.8. The molecule has 0 aliphatic heterocycles. The third-order valence-corrected chi connectivity index (χ3v) is 3.43. The van der Waals surface area contributed by atoms with Crippen LogP contribution in [0.5, 0.6) is 0 Å². The second kappa shape index (κ2) is 8.52. The molecule has 1 aromatic rings. The van der Waals surface area contributed by atoms with Crippen molar-refractivity contribution in [1.82, 2.24) is 10.6 Å². The average molecular weight is 313 g/mol. The molecule has 0 bridgehead atoms. The lowest BCUT2D eigenvalue weighted by Gasteiger charge is -2.17. The zero-order valence-electron chi connectivity index (χ0n) is 12.2. The van der Waals surface area contributed by atoms with Crippen LogP contribution in [0.3, 0.4) is 0 Å². The van der Waals surface area contributed by atoms with Crippen LogP contribution in [0.4, 0.5) is 4.79 Å². The molecule has 0 heterocycles. The molecule has 1 aromatic carbocycles. The summed E-state index contributed by atoms with van der Waals surface area (Å²) in [5.41, 5.74) is 0.890. The third-order valence-electron chi connectivity index (χ3n) is 3.19. The van der Waals surface area contributed by atoms with E-state index in [1.165, 1.54) is 0 Å². The minimum Gasteiger partial charge on any atom is -0.481 e. The Morgan fingerprint density at radius 3 is 2.67 bits per heavy atom. The molecule has 2 amide bonds. The van der Waals surface area contributed by atoms with E-state index in [1.807, 2.05) is 26.0 Å². The topological polar surface area (TPSA) is 78.4 Å². The lowest BCUT2D eigenvalue weighted by atomic mass is 10.0. The molecular formula is C15H21ClN2O3. The smallest absolute Gasteiger partial charge is 0.315 e. The van der Waals surface area contributed by atoms with Gasteiger partial charge in [0.15, 0.2) is 0 Å². The summed E-state index contributed by atoms with van der Waals surface area (Å²) in [6, 6.07) is 6.63. The standard InChI is InChI=1S/C15H21ClN2O3/c1-3-5-12(14(19)20)9-17-15(21)18-10(2)11-6-4-7-13(16)8-11/h4,6-8,10,12H,3,5,9H2,1-2H3,(H,19,20)(H2,17,18,21). The second-order valence-corrected chi connectivity index (χ2v) is 5.39. The summed E-state index contributed by atoms with van der Waals surface area (Å²) in [5.74, 6) is -1.44. The maximum atomic E-state index is 11.8. The van der Waals surface area contributed by atoms with E-state index >= 15 is 0 Å². The molecule has 2 unspecified atom stereocenters. The van der Waals surface area contributed by atoms with Crippen molar-refractivity contribution in [3.05, 3.63) is 34.9 Å². The van der Waals surface area contributed by atoms with Gasteiger partial charge in [-0.15, -0.1) is 0 Å². The molecule has 0 saturated heterocycles. The number of halogens is 1. The Hall–Kier alpha value is -1.75. The van der Waals surface area contributed by atoms with Crippen molar-refractivity contribution in [2.45, 2.75) is 32.7 Å². The van der Waals surface area contributed by atoms with Crippen LogP contribution in [0.1, 0.15) is 38.3 Å². The first kappa shape index (κ1) is 17.3. The Balaban J connectivity index is 2.47. The van der Waals surface area contributed by atoms with E-state index in [-0.39, 0.29) is 18.6 Å². The van der Waals surface area contributed by atoms with Gasteiger partial charge in [0, 0.05) is 11.6 Å². The first-order valence-electron chi connectivity index (χ1n) is 6.96. The lowest BCUT2D eigenvalue weighted by Crippen LogP contribution is -2.40. The predicted octanol–water partition coefficient (Wildman–Crippen LogP) is 3.20. The summed E-state index contributed by atoms with van der Waals surface area (Å²) in [7, 11) is 0. The van der Waals surface area contributed by atoms with Gasteiger partial charge >= 0.3 is 12.0 Å². The molecule has 0 aliphatic rings. The van der Waals surface area contributed by atoms with Crippen LogP contribution in [-0.4, -0.2) is 23.7 Å². The number of carbonyl (C=O) groups excluding carboxylic acids is 1. The van der Waals surface area contributed by atoms with Crippen LogP contribution in [0.2, 0.25) is 5.02 Å². The van der Waals surface area contributed by atoms with Crippen molar-refractivity contribution >= 4 is 23.6 Å². The Bertz CT molecular complexity index is 494. The van der Waals surface area contributed by atoms with Gasteiger partial charge < -0.3 is 15.7 Å². The summed E-state index contributed by atoms with van der Waals surface area (Å²) in [6.07, 6.45) is 1.30. The summed E-state index contributed by atoms with van der Waals surface area (Å²) < 4.78 is 0. The van der Waals surface area contributed by atoms with Crippen molar-refractivity contribution in [1.29, 1.82) is 0 Å². The van der Waals surface area contributed by atoms with E-state index in [0.717, 1.165) is 12.0 Å². The number of benzene rings is 1. The number of aliphatic carboxylic acids is 1. The molecule has 0 aliphatic carbocycles. The molecule has 116 valence electrons. The van der Waals surface area contributed by atoms with E-state index < -0.39 is 11.9 Å². The molecule has 3 N–H and O–H groups in total. The van der Waals surface area contributed by atoms with Crippen molar-refractivity contribution in [3.8, 4) is 0 Å². The van der Waals surface area contributed by atoms with Crippen LogP contribution in [-0.2, 0) is 4.79 Å². The van der Waals surface area contributed by atoms with Gasteiger partial charge in [-0.05, 0) is 31.0 Å². The Labute approximate surface area is 129 Å². The van der Waals surface area contributed by atoms with Gasteiger partial charge in [0.05, 0.1) is 12.0 Å². The molecule has 0 saturated carbocycles. The van der Waals surface area contributed by atoms with Crippen LogP contribution in [0.15, 0.2) is 24.3 Å². The van der Waals surface area contributed by atoms with Gasteiger partial charge in [-0.25, -0.2) is 4.79 Å². The SMILES string of the molecule is CCCC(CNC(=O)NC(C)c1cccc(Cl)c1)C(=O)O. The molecule has 5 nitrogen and oxygen atoms in total. The number of hydrogen-bond acceptors (Lipinski definition) is 2. The van der Waals surface area contributed by atoms with Crippen LogP contribution >= 0.6 is 11.6 Å². The summed E-state index contributed by atoms with van der Waals surface area (Å²) in [6.45, 7) is 3.88. The fourth-order valence-electron chi connectivity index (χ4n) is 1.98. The molecule has 0 aromatic heterocycles. The molecule has 21 heavy (non-hydrogen) atoms. The van der Waals surface area contributed by atoms with E-state index in [4.69, 9.17) is 16.7 Å². The number of amides is 2. The first-order valence-corrected chi connectivity index (χ1v) is 7.34. The van der Waals surface area contributed by atoms with Crippen molar-refractivity contribution in [2.24, 2.45) is 5.92 Å². The number of rotatable bonds is 7. The number of urea groups is 1. The lowest BCUT2D eigenvalue weighted by molar-refractivity contribution is -0.141. The van der Waals surface area contributed by atoms with Crippen molar-refractivity contribution < 1.29 is 14.7 Å². The fraction of sp³-hybridized carbons (Fsp3) is 0.467. The zero-order valence-corrected chi connectivity index (χ0v) is 13.0. The maximum Gasteiger partial charge on any atom is 0.315 e. The van der Waals surface area contributed by atoms with Gasteiger partial charge in [0.1, 0.15) is 0 Å². The first-order chi connectivity index (χ1) is 9.93. The highest BCUT2D eigenvalue weighted by Gasteiger charge is 2.17. The number of carboxylic acid groups (broad SMARTS) is 1. The van der Waals surface area contributed by atoms with Gasteiger partial charge in [0.2, 0.25) is 0 Å². The van der Waals surface area contributed by atoms with E-state index in [2.05, 4.69) is 10.6 Å². The van der Waals surface area contributed by atoms with Gasteiger partial charge in [-0.2, -0.15) is 0 Å². The quantitative estimate of drug-likeness (QED) is 0.723. The van der Waals surface area contributed by atoms with Crippen LogP contribution in [0.25, 0.3) is 0 Å². The second-order valence-electron chi connectivity index (χ2n) is 4.95. The largest absolute Gasteiger partial charge is 0.481 e. The molecule has 1 rings (SSSR count). The summed E-state index contributed by atoms with van der Waals surface area (Å²) in [4.78, 5) is 22.8. The number of nitrogens with one attached hydrogen (secondary N) is 2. The number of hydrogen-bond donors (Lipinski definition) is 3. The molecular weight excluding hydrogens is 292 g/mol. The highest BCUT2D eigenvalue weighted by molar-refractivity contribution is 6.30. The minimum atomic E-state index is -0.889. The predicted molar refractivity (Wildman–Crippen MR) is 82.4 cm³/mol. The fourth-order valence-corrected chi connectivity index (χ4v) is 2.18. The van der Waals surface area contributed by atoms with Crippen molar-refractivity contribution in [2.75, 3.05) is 6.54 Å². The van der Waals surface area contributed by atoms with Crippen LogP contribution in [0, 0.1) is 5.92 Å². The molecule has 0 radical (unpaired) electrons. The third kappa shape index (κ3) is 6.04. The van der Waals surface area contributed by atoms with E-state index in [9.17, 15) is 9.59 Å². The minimum absolute atomic E-state index is 0.122. The Morgan fingerprint density at radius 2 is 2.10 bits per heavy atom. The van der Waals surface area contributed by atoms with E-state index in [0.29, 0.717) is 11.4 Å². The monoisotopic (exact) mass is 312 g/mol. The Kier molecular flexibility index (Phi) is 7.02. The summed E-state index contributed by atoms with van der Waals surface area (Å²) >= 11 is 5.90. The van der Waals surface area contributed by atoms with Crippen molar-refractivity contribution in [3.63, 3.8) is 0 Å². The van der Waals surface area contributed by atoms with Gasteiger partial charge in [-0.1, -0.05) is 37.1 Å². The number of carbonyl (C=O) groups is 2. The number of carboxylic acids is 1. The molecule has 0 spiro atoms. The molecule has 6 heteroatoms. The molecule has 2 atom stereocenters. The highest BCUT2D eigenvalue weighted by Crippen LogP contribution is 2.17. The van der Waals surface area contributed by atoms with E-state index in [1.54, 1.807) is 12.1 Å². The molecule has 0 fully saturated rings. The normalized spacial score (nSPS) is 13.3. The van der Waals surface area contributed by atoms with Crippen LogP contribution < -0.4 is 10.6 Å².